The second-order valence-corrected chi connectivity index (χ2v) is 3.68. The maximum Gasteiger partial charge on any atom is 0.00188 e. The van der Waals surface area contributed by atoms with Gasteiger partial charge in [0.15, 0.2) is 0 Å². The Balaban J connectivity index is 2.20. The van der Waals surface area contributed by atoms with E-state index >= 15 is 0 Å². The number of rotatable bonds is 6. The first-order chi connectivity index (χ1) is 6.83. The van der Waals surface area contributed by atoms with Gasteiger partial charge in [0.2, 0.25) is 0 Å². The lowest BCUT2D eigenvalue weighted by Gasteiger charge is -2.15. The van der Waals surface area contributed by atoms with Crippen LogP contribution < -0.4 is 5.73 Å². The molecule has 0 fully saturated rings. The van der Waals surface area contributed by atoms with Gasteiger partial charge >= 0.3 is 0 Å². The Bertz CT molecular complexity index is 233. The SMILES string of the molecule is CN(CCCN)CCc1ccccc1. The molecule has 0 heterocycles. The molecule has 0 amide bonds. The molecule has 0 radical (unpaired) electrons. The van der Waals surface area contributed by atoms with Gasteiger partial charge in [-0.2, -0.15) is 0 Å². The normalized spacial score (nSPS) is 10.8. The molecule has 0 aliphatic carbocycles. The Morgan fingerprint density at radius 2 is 1.86 bits per heavy atom. The standard InChI is InChI=1S/C12H20N2/c1-14(10-5-9-13)11-8-12-6-3-2-4-7-12/h2-4,6-7H,5,8-11,13H2,1H3. The molecule has 0 saturated carbocycles. The molecule has 2 heteroatoms. The van der Waals surface area contributed by atoms with Gasteiger partial charge < -0.3 is 10.6 Å². The van der Waals surface area contributed by atoms with Crippen LogP contribution in [-0.2, 0) is 6.42 Å². The molecule has 2 N–H and O–H groups in total. The number of benzene rings is 1. The monoisotopic (exact) mass is 192 g/mol. The van der Waals surface area contributed by atoms with Gasteiger partial charge in [-0.05, 0) is 38.5 Å². The maximum absolute atomic E-state index is 5.46. The molecule has 0 atom stereocenters. The molecule has 1 aromatic carbocycles. The van der Waals surface area contributed by atoms with Gasteiger partial charge in [-0.1, -0.05) is 30.3 Å². The van der Waals surface area contributed by atoms with Crippen LogP contribution in [0.4, 0.5) is 0 Å². The molecule has 0 spiro atoms. The van der Waals surface area contributed by atoms with Crippen LogP contribution >= 0.6 is 0 Å². The first-order valence-electron chi connectivity index (χ1n) is 5.25. The molecule has 0 saturated heterocycles. The van der Waals surface area contributed by atoms with E-state index in [2.05, 4.69) is 42.3 Å². The Morgan fingerprint density at radius 3 is 2.50 bits per heavy atom. The molecule has 14 heavy (non-hydrogen) atoms. The number of hydrogen-bond acceptors (Lipinski definition) is 2. The van der Waals surface area contributed by atoms with Crippen molar-refractivity contribution in [2.45, 2.75) is 12.8 Å². The minimum absolute atomic E-state index is 0.787. The third kappa shape index (κ3) is 4.40. The van der Waals surface area contributed by atoms with Crippen LogP contribution in [0, 0.1) is 0 Å². The predicted octanol–water partition coefficient (Wildman–Crippen LogP) is 1.51. The van der Waals surface area contributed by atoms with Crippen molar-refractivity contribution >= 4 is 0 Å². The zero-order chi connectivity index (χ0) is 10.2. The molecular weight excluding hydrogens is 172 g/mol. The van der Waals surface area contributed by atoms with Crippen molar-refractivity contribution in [1.29, 1.82) is 0 Å². The summed E-state index contributed by atoms with van der Waals surface area (Å²) < 4.78 is 0. The summed E-state index contributed by atoms with van der Waals surface area (Å²) in [6.07, 6.45) is 2.22. The van der Waals surface area contributed by atoms with E-state index in [-0.39, 0.29) is 0 Å². The molecule has 78 valence electrons. The highest BCUT2D eigenvalue weighted by Crippen LogP contribution is 2.00. The second kappa shape index (κ2) is 6.57. The van der Waals surface area contributed by atoms with Crippen molar-refractivity contribution in [2.24, 2.45) is 5.73 Å². The summed E-state index contributed by atoms with van der Waals surface area (Å²) >= 11 is 0. The van der Waals surface area contributed by atoms with Gasteiger partial charge in [-0.25, -0.2) is 0 Å². The third-order valence-electron chi connectivity index (χ3n) is 2.37. The summed E-state index contributed by atoms with van der Waals surface area (Å²) in [5.74, 6) is 0. The minimum Gasteiger partial charge on any atom is -0.330 e. The van der Waals surface area contributed by atoms with Crippen molar-refractivity contribution in [3.05, 3.63) is 35.9 Å². The summed E-state index contributed by atoms with van der Waals surface area (Å²) in [6, 6.07) is 10.6. The van der Waals surface area contributed by atoms with E-state index in [1.165, 1.54) is 5.56 Å². The van der Waals surface area contributed by atoms with E-state index < -0.39 is 0 Å². The van der Waals surface area contributed by atoms with Gasteiger partial charge in [-0.3, -0.25) is 0 Å². The van der Waals surface area contributed by atoms with Crippen molar-refractivity contribution in [3.8, 4) is 0 Å². The first kappa shape index (κ1) is 11.2. The van der Waals surface area contributed by atoms with Crippen molar-refractivity contribution in [2.75, 3.05) is 26.7 Å². The predicted molar refractivity (Wildman–Crippen MR) is 61.3 cm³/mol. The topological polar surface area (TPSA) is 29.3 Å². The summed E-state index contributed by atoms with van der Waals surface area (Å²) in [6.45, 7) is 3.00. The van der Waals surface area contributed by atoms with E-state index in [1.807, 2.05) is 0 Å². The van der Waals surface area contributed by atoms with Crippen LogP contribution in [0.3, 0.4) is 0 Å². The average molecular weight is 192 g/mol. The molecule has 1 aromatic rings. The van der Waals surface area contributed by atoms with Gasteiger partial charge in [0.05, 0.1) is 0 Å². The smallest absolute Gasteiger partial charge is 0.00188 e. The van der Waals surface area contributed by atoms with Gasteiger partial charge in [-0.15, -0.1) is 0 Å². The fourth-order valence-corrected chi connectivity index (χ4v) is 1.44. The van der Waals surface area contributed by atoms with E-state index in [4.69, 9.17) is 5.73 Å². The molecule has 0 aromatic heterocycles. The minimum atomic E-state index is 0.787. The van der Waals surface area contributed by atoms with Crippen LogP contribution in [0.1, 0.15) is 12.0 Å². The van der Waals surface area contributed by atoms with Crippen LogP contribution in [0.5, 0.6) is 0 Å². The fraction of sp³-hybridized carbons (Fsp3) is 0.500. The largest absolute Gasteiger partial charge is 0.330 e. The summed E-state index contributed by atoms with van der Waals surface area (Å²) in [5, 5.41) is 0. The Labute approximate surface area is 86.7 Å². The highest BCUT2D eigenvalue weighted by molar-refractivity contribution is 5.14. The Kier molecular flexibility index (Phi) is 5.27. The number of nitrogens with zero attached hydrogens (tertiary/aromatic N) is 1. The lowest BCUT2D eigenvalue weighted by atomic mass is 10.1. The fourth-order valence-electron chi connectivity index (χ4n) is 1.44. The van der Waals surface area contributed by atoms with Gasteiger partial charge in [0.25, 0.3) is 0 Å². The highest BCUT2D eigenvalue weighted by Gasteiger charge is 1.97. The molecular formula is C12H20N2. The number of hydrogen-bond donors (Lipinski definition) is 1. The molecule has 0 unspecified atom stereocenters. The van der Waals surface area contributed by atoms with E-state index in [1.54, 1.807) is 0 Å². The lowest BCUT2D eigenvalue weighted by molar-refractivity contribution is 0.335. The number of nitrogens with two attached hydrogens (primary N) is 1. The van der Waals surface area contributed by atoms with Crippen LogP contribution in [0.25, 0.3) is 0 Å². The summed E-state index contributed by atoms with van der Waals surface area (Å²) in [4.78, 5) is 2.33. The zero-order valence-electron chi connectivity index (χ0n) is 8.95. The van der Waals surface area contributed by atoms with Crippen LogP contribution in [-0.4, -0.2) is 31.6 Å². The van der Waals surface area contributed by atoms with Crippen LogP contribution in [0.2, 0.25) is 0 Å². The molecule has 0 bridgehead atoms. The Hall–Kier alpha value is -0.860. The van der Waals surface area contributed by atoms with Crippen LogP contribution in [0.15, 0.2) is 30.3 Å². The second-order valence-electron chi connectivity index (χ2n) is 3.68. The highest BCUT2D eigenvalue weighted by atomic mass is 15.1. The van der Waals surface area contributed by atoms with E-state index in [0.717, 1.165) is 32.5 Å². The lowest BCUT2D eigenvalue weighted by Crippen LogP contribution is -2.24. The molecule has 2 nitrogen and oxygen atoms in total. The van der Waals surface area contributed by atoms with Crippen molar-refractivity contribution in [1.82, 2.24) is 4.90 Å². The van der Waals surface area contributed by atoms with Crippen molar-refractivity contribution in [3.63, 3.8) is 0 Å². The molecule has 0 aliphatic rings. The first-order valence-corrected chi connectivity index (χ1v) is 5.25. The Morgan fingerprint density at radius 1 is 1.14 bits per heavy atom. The van der Waals surface area contributed by atoms with Crippen molar-refractivity contribution < 1.29 is 0 Å². The third-order valence-corrected chi connectivity index (χ3v) is 2.37. The maximum atomic E-state index is 5.46. The number of likely N-dealkylation sites (N-methyl/N-ethyl adjacent to an activating group) is 1. The van der Waals surface area contributed by atoms with E-state index in [0.29, 0.717) is 0 Å². The molecule has 1 rings (SSSR count). The summed E-state index contributed by atoms with van der Waals surface area (Å²) in [7, 11) is 2.15. The molecule has 0 aliphatic heterocycles. The summed E-state index contributed by atoms with van der Waals surface area (Å²) in [5.41, 5.74) is 6.87. The van der Waals surface area contributed by atoms with Gasteiger partial charge in [0.1, 0.15) is 0 Å². The quantitative estimate of drug-likeness (QED) is 0.740. The van der Waals surface area contributed by atoms with E-state index in [9.17, 15) is 0 Å². The van der Waals surface area contributed by atoms with Gasteiger partial charge in [0, 0.05) is 6.54 Å². The zero-order valence-corrected chi connectivity index (χ0v) is 8.95. The average Bonchev–Trinajstić information content (AvgIpc) is 2.25.